The number of rotatable bonds is 0. The normalized spacial score (nSPS) is 3.00. The van der Waals surface area contributed by atoms with Crippen molar-refractivity contribution in [2.75, 3.05) is 0 Å². The fourth-order valence-corrected chi connectivity index (χ4v) is 0. The molecular formula is H2CoFeO4. The van der Waals surface area contributed by atoms with Gasteiger partial charge in [-0.05, 0) is 0 Å². The van der Waals surface area contributed by atoms with Crippen LogP contribution >= 0.6 is 0 Å². The fourth-order valence-electron chi connectivity index (χ4n) is 0. The zero-order valence-corrected chi connectivity index (χ0v) is 4.54. The van der Waals surface area contributed by atoms with Crippen molar-refractivity contribution in [3.05, 3.63) is 0 Å². The van der Waals surface area contributed by atoms with Gasteiger partial charge in [-0.15, -0.1) is 0 Å². The van der Waals surface area contributed by atoms with Crippen LogP contribution in [-0.2, 0) is 44.4 Å². The molecule has 4 nitrogen and oxygen atoms in total. The average Bonchev–Trinajstić information content (AvgIpc) is 0.918. The van der Waals surface area contributed by atoms with Crippen LogP contribution in [0.25, 0.3) is 0 Å². The number of hydrogen-bond acceptors (Lipinski definition) is 3. The Labute approximate surface area is 55.3 Å². The Bertz CT molecular complexity index is 7.51. The van der Waals surface area contributed by atoms with Gasteiger partial charge in [0, 0.05) is 39.3 Å². The summed E-state index contributed by atoms with van der Waals surface area (Å²) in [5.74, 6) is 0. The summed E-state index contributed by atoms with van der Waals surface area (Å²) in [5, 5.41) is 15.5. The minimum absolute atomic E-state index is 0. The maximum atomic E-state index is 6.62. The molecule has 0 fully saturated rings. The van der Waals surface area contributed by atoms with Crippen molar-refractivity contribution in [3.63, 3.8) is 0 Å². The van der Waals surface area contributed by atoms with E-state index in [0.717, 1.165) is 0 Å². The smallest absolute Gasteiger partial charge is 0 e. The molecule has 6 heteroatoms. The summed E-state index contributed by atoms with van der Waals surface area (Å²) < 4.78 is 0. The van der Waals surface area contributed by atoms with E-state index in [1.807, 2.05) is 0 Å². The van der Waals surface area contributed by atoms with Crippen molar-refractivity contribution >= 4 is 0 Å². The first-order chi connectivity index (χ1) is 1.41. The molecule has 3 radical (unpaired) electrons. The summed E-state index contributed by atoms with van der Waals surface area (Å²) in [5.41, 5.74) is 0. The third-order valence-electron chi connectivity index (χ3n) is 0. The van der Waals surface area contributed by atoms with E-state index in [1.165, 1.54) is 0 Å². The van der Waals surface area contributed by atoms with E-state index in [-0.39, 0.29) is 39.3 Å². The Morgan fingerprint density at radius 1 is 1.17 bits per heavy atom. The van der Waals surface area contributed by atoms with Gasteiger partial charge in [0.05, 0.1) is 0 Å². The summed E-state index contributed by atoms with van der Waals surface area (Å²) in [4.78, 5) is 0. The van der Waals surface area contributed by atoms with Crippen molar-refractivity contribution in [2.24, 2.45) is 0 Å². The van der Waals surface area contributed by atoms with E-state index in [9.17, 15) is 0 Å². The first-order valence-electron chi connectivity index (χ1n) is 0.365. The van der Waals surface area contributed by atoms with Crippen molar-refractivity contribution in [1.82, 2.24) is 0 Å². The standard InChI is InChI=1S/Co.Fe.H2O3.O/c;;1-3-2;/h;;1-2H;. The van der Waals surface area contributed by atoms with Gasteiger partial charge in [-0.3, -0.25) is 0 Å². The summed E-state index contributed by atoms with van der Waals surface area (Å²) in [6, 6.07) is 0. The van der Waals surface area contributed by atoms with Gasteiger partial charge in [0.2, 0.25) is 0 Å². The first-order valence-corrected chi connectivity index (χ1v) is 0.365. The molecular weight excluding hydrogens is 179 g/mol. The zero-order valence-electron chi connectivity index (χ0n) is 2.40. The van der Waals surface area contributed by atoms with Crippen LogP contribution in [0.15, 0.2) is 0 Å². The minimum atomic E-state index is 0. The quantitative estimate of drug-likeness (QED) is 0.309. The average molecular weight is 181 g/mol. The Morgan fingerprint density at radius 2 is 1.17 bits per heavy atom. The predicted molar refractivity (Wildman–Crippen MR) is 7.03 cm³/mol. The van der Waals surface area contributed by atoms with Gasteiger partial charge < -0.3 is 0 Å². The number of hydrogen-bond donors (Lipinski definition) is 2. The summed E-state index contributed by atoms with van der Waals surface area (Å²) in [7, 11) is 0. The molecule has 0 aliphatic carbocycles. The molecule has 6 heavy (non-hydrogen) atoms. The van der Waals surface area contributed by atoms with Crippen LogP contribution in [0.3, 0.4) is 0 Å². The molecule has 0 saturated heterocycles. The molecule has 43 valence electrons. The van der Waals surface area contributed by atoms with Gasteiger partial charge in [0.25, 0.3) is 0 Å². The SMILES string of the molecule is OOO.[Co].[Fe].[O]. The van der Waals surface area contributed by atoms with Crippen LogP contribution in [-0.4, -0.2) is 10.5 Å². The van der Waals surface area contributed by atoms with E-state index in [4.69, 9.17) is 10.5 Å². The molecule has 0 spiro atoms. The summed E-state index contributed by atoms with van der Waals surface area (Å²) in [6.45, 7) is 0. The third-order valence-corrected chi connectivity index (χ3v) is 0. The van der Waals surface area contributed by atoms with Crippen LogP contribution in [0, 0.1) is 0 Å². The van der Waals surface area contributed by atoms with Gasteiger partial charge >= 0.3 is 0 Å². The molecule has 0 bridgehead atoms. The van der Waals surface area contributed by atoms with Gasteiger partial charge in [0.15, 0.2) is 0 Å². The van der Waals surface area contributed by atoms with Crippen LogP contribution in [0.4, 0.5) is 0 Å². The van der Waals surface area contributed by atoms with Gasteiger partial charge in [0.1, 0.15) is 0 Å². The Morgan fingerprint density at radius 3 is 1.17 bits per heavy atom. The van der Waals surface area contributed by atoms with Crippen molar-refractivity contribution < 1.29 is 54.9 Å². The Hall–Kier alpha value is 0.866. The largest absolute Gasteiger partial charge is 0.221 e. The molecule has 0 aliphatic heterocycles. The molecule has 0 heterocycles. The summed E-state index contributed by atoms with van der Waals surface area (Å²) in [6.07, 6.45) is 0. The van der Waals surface area contributed by atoms with Gasteiger partial charge in [-0.2, -0.15) is 0 Å². The molecule has 0 aromatic heterocycles. The van der Waals surface area contributed by atoms with E-state index < -0.39 is 0 Å². The fraction of sp³-hybridized carbons (Fsp3) is 0. The topological polar surface area (TPSA) is 78.2 Å². The van der Waals surface area contributed by atoms with Crippen LogP contribution in [0.5, 0.6) is 0 Å². The Balaban J connectivity index is -0.00000000667. The van der Waals surface area contributed by atoms with Gasteiger partial charge in [-0.1, -0.05) is 5.04 Å². The van der Waals surface area contributed by atoms with Crippen molar-refractivity contribution in [3.8, 4) is 0 Å². The van der Waals surface area contributed by atoms with E-state index >= 15 is 0 Å². The minimum Gasteiger partial charge on any atom is -0.221 e. The van der Waals surface area contributed by atoms with Crippen LogP contribution in [0.1, 0.15) is 0 Å². The van der Waals surface area contributed by atoms with E-state index in [0.29, 0.717) is 0 Å². The zero-order chi connectivity index (χ0) is 2.71. The second-order valence-corrected chi connectivity index (χ2v) is 0.0816. The second kappa shape index (κ2) is 39.9. The monoisotopic (exact) mass is 181 g/mol. The maximum absolute atomic E-state index is 6.62. The van der Waals surface area contributed by atoms with Crippen molar-refractivity contribution in [2.45, 2.75) is 0 Å². The maximum Gasteiger partial charge on any atom is 0 e. The molecule has 0 saturated carbocycles. The molecule has 0 amide bonds. The van der Waals surface area contributed by atoms with Gasteiger partial charge in [-0.25, -0.2) is 10.5 Å². The predicted octanol–water partition coefficient (Wildman–Crippen LogP) is -0.175. The second-order valence-electron chi connectivity index (χ2n) is 0.0816. The summed E-state index contributed by atoms with van der Waals surface area (Å²) >= 11 is 0. The molecule has 0 unspecified atom stereocenters. The van der Waals surface area contributed by atoms with Crippen LogP contribution in [0.2, 0.25) is 0 Å². The molecule has 0 aliphatic rings. The van der Waals surface area contributed by atoms with Crippen LogP contribution < -0.4 is 0 Å². The van der Waals surface area contributed by atoms with E-state index in [1.54, 1.807) is 0 Å². The molecule has 0 aromatic carbocycles. The molecule has 0 aromatic rings. The van der Waals surface area contributed by atoms with E-state index in [2.05, 4.69) is 5.04 Å². The Kier molecular flexibility index (Phi) is 191. The molecule has 2 N–H and O–H groups in total. The third kappa shape index (κ3) is 97.0. The molecule has 0 rings (SSSR count). The van der Waals surface area contributed by atoms with Crippen molar-refractivity contribution in [1.29, 1.82) is 0 Å². The first kappa shape index (κ1) is 28.8. The molecule has 0 atom stereocenters.